The third-order valence-corrected chi connectivity index (χ3v) is 6.05. The molecule has 2 aliphatic carbocycles. The second-order valence-corrected chi connectivity index (χ2v) is 8.08. The van der Waals surface area contributed by atoms with Crippen LogP contribution in [0.5, 0.6) is 0 Å². The van der Waals surface area contributed by atoms with Crippen molar-refractivity contribution in [1.29, 1.82) is 0 Å². The predicted molar refractivity (Wildman–Crippen MR) is 86.0 cm³/mol. The molecule has 1 heterocycles. The van der Waals surface area contributed by atoms with Gasteiger partial charge in [-0.2, -0.15) is 0 Å². The van der Waals surface area contributed by atoms with Crippen LogP contribution in [0.3, 0.4) is 0 Å². The van der Waals surface area contributed by atoms with Crippen molar-refractivity contribution in [1.82, 2.24) is 10.2 Å². The molecule has 0 radical (unpaired) electrons. The van der Waals surface area contributed by atoms with Crippen LogP contribution in [-0.4, -0.2) is 35.6 Å². The zero-order chi connectivity index (χ0) is 14.0. The molecule has 0 aromatic heterocycles. The fourth-order valence-electron chi connectivity index (χ4n) is 5.08. The van der Waals surface area contributed by atoms with Crippen molar-refractivity contribution < 1.29 is 0 Å². The van der Waals surface area contributed by atoms with Gasteiger partial charge in [-0.25, -0.2) is 0 Å². The lowest BCUT2D eigenvalue weighted by molar-refractivity contribution is -0.0107. The molecule has 2 nitrogen and oxygen atoms in total. The summed E-state index contributed by atoms with van der Waals surface area (Å²) in [4.78, 5) is 3.00. The third kappa shape index (κ3) is 3.06. The van der Waals surface area contributed by atoms with Crippen molar-refractivity contribution in [2.75, 3.05) is 13.1 Å². The molecule has 3 aliphatic rings. The highest BCUT2D eigenvalue weighted by molar-refractivity contribution is 5.04. The lowest BCUT2D eigenvalue weighted by Crippen LogP contribution is -2.66. The fraction of sp³-hybridized carbons (Fsp3) is 1.00. The molecule has 2 heteroatoms. The van der Waals surface area contributed by atoms with Crippen LogP contribution in [0.2, 0.25) is 0 Å². The van der Waals surface area contributed by atoms with Crippen molar-refractivity contribution in [3.63, 3.8) is 0 Å². The second kappa shape index (κ2) is 6.36. The molecule has 0 aromatic rings. The minimum Gasteiger partial charge on any atom is -0.311 e. The summed E-state index contributed by atoms with van der Waals surface area (Å²) in [6, 6.07) is 1.64. The maximum absolute atomic E-state index is 3.91. The number of nitrogens with zero attached hydrogens (tertiary/aromatic N) is 1. The van der Waals surface area contributed by atoms with E-state index in [1.807, 2.05) is 0 Å². The van der Waals surface area contributed by atoms with E-state index in [4.69, 9.17) is 0 Å². The van der Waals surface area contributed by atoms with Gasteiger partial charge in [-0.05, 0) is 38.0 Å². The molecule has 1 unspecified atom stereocenters. The van der Waals surface area contributed by atoms with Gasteiger partial charge in [0.25, 0.3) is 0 Å². The topological polar surface area (TPSA) is 15.3 Å². The van der Waals surface area contributed by atoms with Gasteiger partial charge in [0.2, 0.25) is 0 Å². The summed E-state index contributed by atoms with van der Waals surface area (Å²) >= 11 is 0. The summed E-state index contributed by atoms with van der Waals surface area (Å²) in [5.41, 5.74) is 0.537. The highest BCUT2D eigenvalue weighted by Crippen LogP contribution is 2.41. The molecule has 3 rings (SSSR count). The van der Waals surface area contributed by atoms with Crippen LogP contribution in [0, 0.1) is 5.92 Å². The standard InChI is InChI=1S/C18H34N2/c1-15(2)12-16-13-20(17-8-4-3-5-9-17)18(14-19-16)10-6-7-11-18/h15-17,19H,3-14H2,1-2H3. The van der Waals surface area contributed by atoms with Crippen LogP contribution in [0.1, 0.15) is 78.1 Å². The second-order valence-electron chi connectivity index (χ2n) is 8.08. The van der Waals surface area contributed by atoms with E-state index in [9.17, 15) is 0 Å². The van der Waals surface area contributed by atoms with E-state index in [-0.39, 0.29) is 0 Å². The molecule has 1 saturated heterocycles. The lowest BCUT2D eigenvalue weighted by atomic mass is 9.84. The molecule has 0 bridgehead atoms. The van der Waals surface area contributed by atoms with Gasteiger partial charge in [-0.1, -0.05) is 46.0 Å². The third-order valence-electron chi connectivity index (χ3n) is 6.05. The zero-order valence-corrected chi connectivity index (χ0v) is 13.7. The maximum atomic E-state index is 3.91. The van der Waals surface area contributed by atoms with E-state index in [1.54, 1.807) is 0 Å². The molecule has 0 amide bonds. The Morgan fingerprint density at radius 2 is 1.75 bits per heavy atom. The van der Waals surface area contributed by atoms with Gasteiger partial charge in [0.15, 0.2) is 0 Å². The van der Waals surface area contributed by atoms with Gasteiger partial charge >= 0.3 is 0 Å². The summed E-state index contributed by atoms with van der Waals surface area (Å²) in [5.74, 6) is 0.818. The first-order chi connectivity index (χ1) is 9.70. The number of piperazine rings is 1. The summed E-state index contributed by atoms with van der Waals surface area (Å²) < 4.78 is 0. The highest BCUT2D eigenvalue weighted by atomic mass is 15.3. The van der Waals surface area contributed by atoms with Crippen LogP contribution >= 0.6 is 0 Å². The number of rotatable bonds is 3. The Morgan fingerprint density at radius 1 is 1.05 bits per heavy atom. The van der Waals surface area contributed by atoms with E-state index >= 15 is 0 Å². The first-order valence-corrected chi connectivity index (χ1v) is 9.20. The summed E-state index contributed by atoms with van der Waals surface area (Å²) in [6.45, 7) is 7.32. The van der Waals surface area contributed by atoms with Crippen LogP contribution in [-0.2, 0) is 0 Å². The van der Waals surface area contributed by atoms with Crippen molar-refractivity contribution in [2.24, 2.45) is 5.92 Å². The minimum atomic E-state index is 0.537. The Kier molecular flexibility index (Phi) is 4.72. The first-order valence-electron chi connectivity index (χ1n) is 9.20. The summed E-state index contributed by atoms with van der Waals surface area (Å²) in [5, 5.41) is 3.91. The van der Waals surface area contributed by atoms with Gasteiger partial charge in [0.05, 0.1) is 0 Å². The van der Waals surface area contributed by atoms with Gasteiger partial charge in [0.1, 0.15) is 0 Å². The number of hydrogen-bond acceptors (Lipinski definition) is 2. The van der Waals surface area contributed by atoms with Crippen LogP contribution in [0.4, 0.5) is 0 Å². The van der Waals surface area contributed by atoms with Gasteiger partial charge in [0, 0.05) is 30.7 Å². The SMILES string of the molecule is CC(C)CC1CN(C2CCCCC2)C2(CCCC2)CN1. The molecule has 0 aromatic carbocycles. The predicted octanol–water partition coefficient (Wildman–Crippen LogP) is 3.95. The highest BCUT2D eigenvalue weighted by Gasteiger charge is 2.46. The largest absolute Gasteiger partial charge is 0.311 e. The maximum Gasteiger partial charge on any atom is 0.0337 e. The van der Waals surface area contributed by atoms with Gasteiger partial charge in [-0.3, -0.25) is 4.90 Å². The summed E-state index contributed by atoms with van der Waals surface area (Å²) in [7, 11) is 0. The van der Waals surface area contributed by atoms with E-state index in [1.165, 1.54) is 77.3 Å². The van der Waals surface area contributed by atoms with Crippen LogP contribution in [0.25, 0.3) is 0 Å². The van der Waals surface area contributed by atoms with Crippen molar-refractivity contribution in [2.45, 2.75) is 95.7 Å². The fourth-order valence-corrected chi connectivity index (χ4v) is 5.08. The molecule has 1 aliphatic heterocycles. The minimum absolute atomic E-state index is 0.537. The molecule has 1 spiro atoms. The van der Waals surface area contributed by atoms with Gasteiger partial charge in [-0.15, -0.1) is 0 Å². The van der Waals surface area contributed by atoms with E-state index in [2.05, 4.69) is 24.1 Å². The van der Waals surface area contributed by atoms with E-state index in [0.29, 0.717) is 5.54 Å². The molecule has 2 saturated carbocycles. The Bertz CT molecular complexity index is 301. The molecular formula is C18H34N2. The Balaban J connectivity index is 1.71. The van der Waals surface area contributed by atoms with Crippen molar-refractivity contribution in [3.8, 4) is 0 Å². The lowest BCUT2D eigenvalue weighted by Gasteiger charge is -2.53. The van der Waals surface area contributed by atoms with Crippen molar-refractivity contribution in [3.05, 3.63) is 0 Å². The molecule has 116 valence electrons. The van der Waals surface area contributed by atoms with Gasteiger partial charge < -0.3 is 5.32 Å². The number of hydrogen-bond donors (Lipinski definition) is 1. The zero-order valence-electron chi connectivity index (χ0n) is 13.7. The Morgan fingerprint density at radius 3 is 2.40 bits per heavy atom. The smallest absolute Gasteiger partial charge is 0.0337 e. The molecule has 3 fully saturated rings. The Hall–Kier alpha value is -0.0800. The number of nitrogens with one attached hydrogen (secondary N) is 1. The van der Waals surface area contributed by atoms with Crippen molar-refractivity contribution >= 4 is 0 Å². The normalized spacial score (nSPS) is 32.2. The Labute approximate surface area is 125 Å². The molecule has 20 heavy (non-hydrogen) atoms. The average molecular weight is 278 g/mol. The quantitative estimate of drug-likeness (QED) is 0.841. The first kappa shape index (κ1) is 14.8. The molecular weight excluding hydrogens is 244 g/mol. The van der Waals surface area contributed by atoms with Crippen LogP contribution in [0.15, 0.2) is 0 Å². The van der Waals surface area contributed by atoms with E-state index in [0.717, 1.165) is 18.0 Å². The van der Waals surface area contributed by atoms with Crippen LogP contribution < -0.4 is 5.32 Å². The average Bonchev–Trinajstić information content (AvgIpc) is 2.91. The molecule has 1 N–H and O–H groups in total. The summed E-state index contributed by atoms with van der Waals surface area (Å²) in [6.07, 6.45) is 14.5. The monoisotopic (exact) mass is 278 g/mol. The molecule has 1 atom stereocenters. The van der Waals surface area contributed by atoms with E-state index < -0.39 is 0 Å².